The van der Waals surface area contributed by atoms with Gasteiger partial charge in [-0.3, -0.25) is 14.4 Å². The number of aromatic nitrogens is 2. The van der Waals surface area contributed by atoms with Gasteiger partial charge < -0.3 is 5.32 Å². The molecule has 1 aromatic heterocycles. The summed E-state index contributed by atoms with van der Waals surface area (Å²) in [6, 6.07) is 0.616. The first-order valence-electron chi connectivity index (χ1n) is 7.92. The number of anilines is 1. The predicted octanol–water partition coefficient (Wildman–Crippen LogP) is 2.49. The highest BCUT2D eigenvalue weighted by atomic mass is 16.2. The van der Waals surface area contributed by atoms with Crippen LogP contribution in [-0.2, 0) is 11.8 Å². The lowest BCUT2D eigenvalue weighted by molar-refractivity contribution is -0.117. The number of amides is 1. The van der Waals surface area contributed by atoms with Gasteiger partial charge in [0.2, 0.25) is 5.91 Å². The molecule has 1 aliphatic rings. The molecule has 0 spiro atoms. The molecule has 1 saturated carbocycles. The van der Waals surface area contributed by atoms with Crippen LogP contribution in [0.2, 0.25) is 0 Å². The maximum atomic E-state index is 12.3. The van der Waals surface area contributed by atoms with Crippen LogP contribution >= 0.6 is 0 Å². The van der Waals surface area contributed by atoms with E-state index >= 15 is 0 Å². The maximum absolute atomic E-state index is 12.3. The van der Waals surface area contributed by atoms with Crippen LogP contribution in [0.25, 0.3) is 0 Å². The van der Waals surface area contributed by atoms with Crippen molar-refractivity contribution in [2.75, 3.05) is 18.4 Å². The van der Waals surface area contributed by atoms with Gasteiger partial charge in [-0.15, -0.1) is 0 Å². The molecule has 2 rings (SSSR count). The molecule has 0 bridgehead atoms. The summed E-state index contributed by atoms with van der Waals surface area (Å²) in [4.78, 5) is 14.7. The number of nitrogens with one attached hydrogen (secondary N) is 1. The molecule has 5 heteroatoms. The van der Waals surface area contributed by atoms with Gasteiger partial charge >= 0.3 is 0 Å². The van der Waals surface area contributed by atoms with Gasteiger partial charge in [-0.25, -0.2) is 0 Å². The molecule has 1 aromatic rings. The Labute approximate surface area is 127 Å². The molecule has 1 amide bonds. The van der Waals surface area contributed by atoms with Crippen molar-refractivity contribution in [1.82, 2.24) is 14.7 Å². The number of carbonyl (C=O) groups excluding carboxylic acids is 1. The fraction of sp³-hybridized carbons (Fsp3) is 0.750. The molecule has 0 radical (unpaired) electrons. The Bertz CT molecular complexity index is 503. The minimum atomic E-state index is 0.0739. The van der Waals surface area contributed by atoms with Crippen LogP contribution < -0.4 is 5.32 Å². The van der Waals surface area contributed by atoms with Gasteiger partial charge in [0.05, 0.1) is 23.6 Å². The standard InChI is InChI=1S/C16H28N4O/c1-11(2)8-9-20(14-6-7-14)10-15(21)17-16-12(3)18-19(5)13(16)4/h11,14H,6-10H2,1-5H3,(H,17,21). The van der Waals surface area contributed by atoms with Crippen molar-refractivity contribution in [1.29, 1.82) is 0 Å². The minimum Gasteiger partial charge on any atom is -0.322 e. The summed E-state index contributed by atoms with van der Waals surface area (Å²) < 4.78 is 1.81. The fourth-order valence-corrected chi connectivity index (χ4v) is 2.57. The van der Waals surface area contributed by atoms with E-state index in [0.29, 0.717) is 18.5 Å². The zero-order valence-corrected chi connectivity index (χ0v) is 13.9. The lowest BCUT2D eigenvalue weighted by Crippen LogP contribution is -2.36. The number of hydrogen-bond acceptors (Lipinski definition) is 3. The number of rotatable bonds is 7. The van der Waals surface area contributed by atoms with E-state index in [4.69, 9.17) is 0 Å². The average Bonchev–Trinajstić information content (AvgIpc) is 3.20. The number of carbonyl (C=O) groups is 1. The van der Waals surface area contributed by atoms with E-state index in [1.165, 1.54) is 12.8 Å². The van der Waals surface area contributed by atoms with Gasteiger partial charge in [-0.05, 0) is 45.6 Å². The third-order valence-corrected chi connectivity index (χ3v) is 4.18. The highest BCUT2D eigenvalue weighted by molar-refractivity contribution is 5.93. The molecule has 0 atom stereocenters. The molecule has 0 saturated heterocycles. The van der Waals surface area contributed by atoms with Crippen LogP contribution in [0, 0.1) is 19.8 Å². The normalized spacial score (nSPS) is 15.0. The van der Waals surface area contributed by atoms with Gasteiger partial charge in [0.15, 0.2) is 0 Å². The molecule has 1 N–H and O–H groups in total. The Morgan fingerprint density at radius 1 is 1.43 bits per heavy atom. The molecule has 1 fully saturated rings. The lowest BCUT2D eigenvalue weighted by atomic mass is 10.1. The smallest absolute Gasteiger partial charge is 0.238 e. The van der Waals surface area contributed by atoms with E-state index in [1.54, 1.807) is 0 Å². The van der Waals surface area contributed by atoms with Gasteiger partial charge in [0.25, 0.3) is 0 Å². The van der Waals surface area contributed by atoms with E-state index in [2.05, 4.69) is 29.2 Å². The van der Waals surface area contributed by atoms with Crippen molar-refractivity contribution < 1.29 is 4.79 Å². The Balaban J connectivity index is 1.93. The summed E-state index contributed by atoms with van der Waals surface area (Å²) in [7, 11) is 1.90. The second-order valence-corrected chi connectivity index (χ2v) is 6.60. The van der Waals surface area contributed by atoms with Crippen LogP contribution in [-0.4, -0.2) is 39.7 Å². The van der Waals surface area contributed by atoms with E-state index in [-0.39, 0.29) is 5.91 Å². The highest BCUT2D eigenvalue weighted by Gasteiger charge is 2.30. The predicted molar refractivity (Wildman–Crippen MR) is 85.4 cm³/mol. The van der Waals surface area contributed by atoms with Crippen LogP contribution in [0.5, 0.6) is 0 Å². The molecule has 0 aromatic carbocycles. The van der Waals surface area contributed by atoms with Gasteiger partial charge in [0, 0.05) is 13.1 Å². The number of aryl methyl sites for hydroxylation is 2. The Morgan fingerprint density at radius 3 is 2.57 bits per heavy atom. The first-order valence-corrected chi connectivity index (χ1v) is 7.92. The zero-order chi connectivity index (χ0) is 15.6. The van der Waals surface area contributed by atoms with Gasteiger partial charge in [0.1, 0.15) is 0 Å². The lowest BCUT2D eigenvalue weighted by Gasteiger charge is -2.22. The molecule has 21 heavy (non-hydrogen) atoms. The van der Waals surface area contributed by atoms with Crippen molar-refractivity contribution in [3.63, 3.8) is 0 Å². The van der Waals surface area contributed by atoms with E-state index in [9.17, 15) is 4.79 Å². The Morgan fingerprint density at radius 2 is 2.10 bits per heavy atom. The largest absolute Gasteiger partial charge is 0.322 e. The van der Waals surface area contributed by atoms with Crippen molar-refractivity contribution in [3.05, 3.63) is 11.4 Å². The Hall–Kier alpha value is -1.36. The summed E-state index contributed by atoms with van der Waals surface area (Å²) in [5.74, 6) is 0.752. The molecule has 0 unspecified atom stereocenters. The van der Waals surface area contributed by atoms with E-state index in [1.807, 2.05) is 25.6 Å². The molecular weight excluding hydrogens is 264 g/mol. The first-order chi connectivity index (χ1) is 9.88. The Kier molecular flexibility index (Phi) is 5.04. The molecule has 1 aliphatic carbocycles. The van der Waals surface area contributed by atoms with Crippen molar-refractivity contribution in [2.45, 2.75) is 53.0 Å². The topological polar surface area (TPSA) is 50.2 Å². The van der Waals surface area contributed by atoms with Crippen molar-refractivity contribution >= 4 is 11.6 Å². The summed E-state index contributed by atoms with van der Waals surface area (Å²) in [6.07, 6.45) is 3.61. The van der Waals surface area contributed by atoms with Crippen LogP contribution in [0.4, 0.5) is 5.69 Å². The second-order valence-electron chi connectivity index (χ2n) is 6.60. The minimum absolute atomic E-state index is 0.0739. The molecule has 1 heterocycles. The summed E-state index contributed by atoms with van der Waals surface area (Å²) in [5.41, 5.74) is 2.74. The highest BCUT2D eigenvalue weighted by Crippen LogP contribution is 2.27. The average molecular weight is 292 g/mol. The first kappa shape index (κ1) is 16.0. The number of hydrogen-bond donors (Lipinski definition) is 1. The van der Waals surface area contributed by atoms with E-state index in [0.717, 1.165) is 30.0 Å². The van der Waals surface area contributed by atoms with Crippen LogP contribution in [0.3, 0.4) is 0 Å². The zero-order valence-electron chi connectivity index (χ0n) is 13.9. The summed E-state index contributed by atoms with van der Waals surface area (Å²) in [6.45, 7) is 9.88. The van der Waals surface area contributed by atoms with Crippen molar-refractivity contribution in [2.24, 2.45) is 13.0 Å². The third-order valence-electron chi connectivity index (χ3n) is 4.18. The quantitative estimate of drug-likeness (QED) is 0.840. The SMILES string of the molecule is Cc1nn(C)c(C)c1NC(=O)CN(CCC(C)C)C1CC1. The summed E-state index contributed by atoms with van der Waals surface area (Å²) >= 11 is 0. The van der Waals surface area contributed by atoms with Gasteiger partial charge in [-0.2, -0.15) is 5.10 Å². The summed E-state index contributed by atoms with van der Waals surface area (Å²) in [5, 5.41) is 7.37. The van der Waals surface area contributed by atoms with Crippen LogP contribution in [0.1, 0.15) is 44.5 Å². The van der Waals surface area contributed by atoms with Crippen LogP contribution in [0.15, 0.2) is 0 Å². The molecular formula is C16H28N4O. The second kappa shape index (κ2) is 6.60. The molecule has 0 aliphatic heterocycles. The third kappa shape index (κ3) is 4.30. The fourth-order valence-electron chi connectivity index (χ4n) is 2.57. The van der Waals surface area contributed by atoms with Gasteiger partial charge in [-0.1, -0.05) is 13.8 Å². The molecule has 118 valence electrons. The van der Waals surface area contributed by atoms with E-state index < -0.39 is 0 Å². The number of nitrogens with zero attached hydrogens (tertiary/aromatic N) is 3. The monoisotopic (exact) mass is 292 g/mol. The van der Waals surface area contributed by atoms with Crippen molar-refractivity contribution in [3.8, 4) is 0 Å². The maximum Gasteiger partial charge on any atom is 0.238 e. The molecule has 5 nitrogen and oxygen atoms in total.